The predicted octanol–water partition coefficient (Wildman–Crippen LogP) is 1.95. The SMILES string of the molecule is CNC(C)c1noc(Cc2ccccc2OC)n1. The average molecular weight is 247 g/mol. The summed E-state index contributed by atoms with van der Waals surface area (Å²) in [6.45, 7) is 1.98. The highest BCUT2D eigenvalue weighted by Gasteiger charge is 2.13. The molecule has 1 aromatic carbocycles. The first-order valence-electron chi connectivity index (χ1n) is 5.86. The van der Waals surface area contributed by atoms with Crippen LogP contribution in [0, 0.1) is 0 Å². The third-order valence-corrected chi connectivity index (χ3v) is 2.84. The average Bonchev–Trinajstić information content (AvgIpc) is 2.87. The Morgan fingerprint density at radius 3 is 2.89 bits per heavy atom. The largest absolute Gasteiger partial charge is 0.496 e. The van der Waals surface area contributed by atoms with Gasteiger partial charge >= 0.3 is 0 Å². The van der Waals surface area contributed by atoms with E-state index in [0.29, 0.717) is 18.1 Å². The summed E-state index contributed by atoms with van der Waals surface area (Å²) in [5.41, 5.74) is 1.03. The zero-order valence-electron chi connectivity index (χ0n) is 10.8. The number of para-hydroxylation sites is 1. The summed E-state index contributed by atoms with van der Waals surface area (Å²) in [5.74, 6) is 2.10. The van der Waals surface area contributed by atoms with Gasteiger partial charge in [-0.05, 0) is 20.0 Å². The van der Waals surface area contributed by atoms with E-state index < -0.39 is 0 Å². The van der Waals surface area contributed by atoms with Gasteiger partial charge in [-0.3, -0.25) is 0 Å². The van der Waals surface area contributed by atoms with Crippen molar-refractivity contribution in [3.05, 3.63) is 41.5 Å². The van der Waals surface area contributed by atoms with Crippen LogP contribution in [0.1, 0.15) is 30.2 Å². The standard InChI is InChI=1S/C13H17N3O2/c1-9(14-2)13-15-12(18-16-13)8-10-6-4-5-7-11(10)17-3/h4-7,9,14H,8H2,1-3H3. The summed E-state index contributed by atoms with van der Waals surface area (Å²) in [7, 11) is 3.52. The number of hydrogen-bond acceptors (Lipinski definition) is 5. The first-order valence-corrected chi connectivity index (χ1v) is 5.86. The Labute approximate surface area is 106 Å². The van der Waals surface area contributed by atoms with Gasteiger partial charge in [-0.2, -0.15) is 4.98 Å². The number of methoxy groups -OCH3 is 1. The molecule has 1 heterocycles. The second-order valence-corrected chi connectivity index (χ2v) is 4.05. The zero-order chi connectivity index (χ0) is 13.0. The minimum Gasteiger partial charge on any atom is -0.496 e. The molecule has 1 atom stereocenters. The number of nitrogens with one attached hydrogen (secondary N) is 1. The summed E-state index contributed by atoms with van der Waals surface area (Å²) >= 11 is 0. The molecule has 0 aliphatic rings. The van der Waals surface area contributed by atoms with E-state index in [1.807, 2.05) is 38.2 Å². The molecular formula is C13H17N3O2. The molecule has 1 N–H and O–H groups in total. The molecule has 1 unspecified atom stereocenters. The third kappa shape index (κ3) is 2.68. The molecule has 0 aliphatic heterocycles. The molecule has 0 saturated heterocycles. The lowest BCUT2D eigenvalue weighted by Crippen LogP contribution is -2.13. The van der Waals surface area contributed by atoms with E-state index in [1.54, 1.807) is 7.11 Å². The Balaban J connectivity index is 2.16. The molecule has 0 spiro atoms. The maximum atomic E-state index is 5.29. The predicted molar refractivity (Wildman–Crippen MR) is 67.6 cm³/mol. The molecule has 18 heavy (non-hydrogen) atoms. The summed E-state index contributed by atoms with van der Waals surface area (Å²) < 4.78 is 10.5. The monoisotopic (exact) mass is 247 g/mol. The van der Waals surface area contributed by atoms with Gasteiger partial charge in [0.25, 0.3) is 0 Å². The van der Waals surface area contributed by atoms with E-state index in [0.717, 1.165) is 11.3 Å². The molecule has 2 rings (SSSR count). The zero-order valence-corrected chi connectivity index (χ0v) is 10.8. The van der Waals surface area contributed by atoms with Crippen LogP contribution in [0.25, 0.3) is 0 Å². The quantitative estimate of drug-likeness (QED) is 0.875. The lowest BCUT2D eigenvalue weighted by atomic mass is 10.1. The normalized spacial score (nSPS) is 12.4. The Morgan fingerprint density at radius 1 is 1.39 bits per heavy atom. The van der Waals surface area contributed by atoms with Gasteiger partial charge in [0.1, 0.15) is 5.75 Å². The Hall–Kier alpha value is -1.88. The van der Waals surface area contributed by atoms with Crippen LogP contribution in [-0.4, -0.2) is 24.3 Å². The van der Waals surface area contributed by atoms with Crippen molar-refractivity contribution in [2.75, 3.05) is 14.2 Å². The Kier molecular flexibility index (Phi) is 3.94. The minimum atomic E-state index is 0.0835. The van der Waals surface area contributed by atoms with Crippen LogP contribution >= 0.6 is 0 Å². The fourth-order valence-corrected chi connectivity index (χ4v) is 1.66. The second kappa shape index (κ2) is 5.64. The Bertz CT molecular complexity index is 510. The lowest BCUT2D eigenvalue weighted by molar-refractivity contribution is 0.370. The molecule has 0 bridgehead atoms. The fraction of sp³-hybridized carbons (Fsp3) is 0.385. The van der Waals surface area contributed by atoms with Gasteiger partial charge in [0.05, 0.1) is 19.6 Å². The molecule has 5 heteroatoms. The van der Waals surface area contributed by atoms with Crippen molar-refractivity contribution >= 4 is 0 Å². The van der Waals surface area contributed by atoms with Gasteiger partial charge in [0.15, 0.2) is 5.82 Å². The third-order valence-electron chi connectivity index (χ3n) is 2.84. The second-order valence-electron chi connectivity index (χ2n) is 4.05. The summed E-state index contributed by atoms with van der Waals surface area (Å²) in [6.07, 6.45) is 0.577. The number of rotatable bonds is 5. The van der Waals surface area contributed by atoms with Crippen LogP contribution in [0.4, 0.5) is 0 Å². The highest BCUT2D eigenvalue weighted by molar-refractivity contribution is 5.34. The molecular weight excluding hydrogens is 230 g/mol. The van der Waals surface area contributed by atoms with Crippen LogP contribution < -0.4 is 10.1 Å². The van der Waals surface area contributed by atoms with E-state index in [2.05, 4.69) is 15.5 Å². The first kappa shape index (κ1) is 12.6. The molecule has 0 saturated carbocycles. The van der Waals surface area contributed by atoms with E-state index in [1.165, 1.54) is 0 Å². The van der Waals surface area contributed by atoms with E-state index >= 15 is 0 Å². The summed E-state index contributed by atoms with van der Waals surface area (Å²) in [5, 5.41) is 7.02. The first-order chi connectivity index (χ1) is 8.74. The fourth-order valence-electron chi connectivity index (χ4n) is 1.66. The van der Waals surface area contributed by atoms with E-state index in [4.69, 9.17) is 9.26 Å². The van der Waals surface area contributed by atoms with Gasteiger partial charge in [-0.1, -0.05) is 23.4 Å². The van der Waals surface area contributed by atoms with Crippen LogP contribution in [0.5, 0.6) is 5.75 Å². The van der Waals surface area contributed by atoms with Crippen molar-refractivity contribution in [1.29, 1.82) is 0 Å². The number of aromatic nitrogens is 2. The molecule has 1 aromatic heterocycles. The molecule has 0 radical (unpaired) electrons. The summed E-state index contributed by atoms with van der Waals surface area (Å²) in [6, 6.07) is 7.89. The number of nitrogens with zero attached hydrogens (tertiary/aromatic N) is 2. The molecule has 0 fully saturated rings. The van der Waals surface area contributed by atoms with Crippen molar-refractivity contribution in [1.82, 2.24) is 15.5 Å². The lowest BCUT2D eigenvalue weighted by Gasteiger charge is -2.05. The summed E-state index contributed by atoms with van der Waals surface area (Å²) in [4.78, 5) is 4.36. The highest BCUT2D eigenvalue weighted by atomic mass is 16.5. The smallest absolute Gasteiger partial charge is 0.231 e. The van der Waals surface area contributed by atoms with Crippen LogP contribution in [-0.2, 0) is 6.42 Å². The number of ether oxygens (including phenoxy) is 1. The molecule has 5 nitrogen and oxygen atoms in total. The van der Waals surface area contributed by atoms with Gasteiger partial charge in [0.2, 0.25) is 5.89 Å². The van der Waals surface area contributed by atoms with Crippen LogP contribution in [0.2, 0.25) is 0 Å². The van der Waals surface area contributed by atoms with Crippen molar-refractivity contribution in [3.63, 3.8) is 0 Å². The molecule has 0 aliphatic carbocycles. The van der Waals surface area contributed by atoms with Crippen molar-refractivity contribution in [3.8, 4) is 5.75 Å². The van der Waals surface area contributed by atoms with Crippen molar-refractivity contribution in [2.45, 2.75) is 19.4 Å². The van der Waals surface area contributed by atoms with Gasteiger partial charge in [-0.25, -0.2) is 0 Å². The van der Waals surface area contributed by atoms with E-state index in [9.17, 15) is 0 Å². The van der Waals surface area contributed by atoms with Crippen LogP contribution in [0.15, 0.2) is 28.8 Å². The maximum absolute atomic E-state index is 5.29. The number of benzene rings is 1. The Morgan fingerprint density at radius 2 is 2.17 bits per heavy atom. The topological polar surface area (TPSA) is 60.2 Å². The van der Waals surface area contributed by atoms with Crippen molar-refractivity contribution < 1.29 is 9.26 Å². The highest BCUT2D eigenvalue weighted by Crippen LogP contribution is 2.20. The van der Waals surface area contributed by atoms with Crippen molar-refractivity contribution in [2.24, 2.45) is 0 Å². The molecule has 2 aromatic rings. The minimum absolute atomic E-state index is 0.0835. The maximum Gasteiger partial charge on any atom is 0.231 e. The van der Waals surface area contributed by atoms with Gasteiger partial charge < -0.3 is 14.6 Å². The van der Waals surface area contributed by atoms with Gasteiger partial charge in [-0.15, -0.1) is 0 Å². The van der Waals surface area contributed by atoms with E-state index in [-0.39, 0.29) is 6.04 Å². The van der Waals surface area contributed by atoms with Crippen LogP contribution in [0.3, 0.4) is 0 Å². The molecule has 96 valence electrons. The van der Waals surface area contributed by atoms with Gasteiger partial charge in [0, 0.05) is 5.56 Å². The number of hydrogen-bond donors (Lipinski definition) is 1. The molecule has 0 amide bonds.